The van der Waals surface area contributed by atoms with Crippen LogP contribution in [-0.2, 0) is 6.42 Å². The van der Waals surface area contributed by atoms with Crippen molar-refractivity contribution in [2.45, 2.75) is 31.4 Å². The molecule has 1 aromatic rings. The minimum absolute atomic E-state index is 0.340. The second kappa shape index (κ2) is 3.67. The molecule has 1 aliphatic rings. The van der Waals surface area contributed by atoms with E-state index in [1.165, 1.54) is 6.07 Å². The number of halogens is 1. The third kappa shape index (κ3) is 1.53. The lowest BCUT2D eigenvalue weighted by atomic mass is 9.99. The first-order valence-corrected chi connectivity index (χ1v) is 4.91. The number of rotatable bonds is 0. The molecule has 0 unspecified atom stereocenters. The Morgan fingerprint density at radius 1 is 1.43 bits per heavy atom. The van der Waals surface area contributed by atoms with E-state index in [1.54, 1.807) is 6.07 Å². The van der Waals surface area contributed by atoms with Crippen molar-refractivity contribution in [1.29, 1.82) is 0 Å². The fourth-order valence-corrected chi connectivity index (χ4v) is 2.03. The number of hydrogen-bond donors (Lipinski definition) is 2. The molecule has 0 aromatic heterocycles. The first-order chi connectivity index (χ1) is 6.70. The van der Waals surface area contributed by atoms with Gasteiger partial charge >= 0.3 is 0 Å². The minimum Gasteiger partial charge on any atom is -0.387 e. The van der Waals surface area contributed by atoms with Gasteiger partial charge in [-0.1, -0.05) is 12.1 Å². The van der Waals surface area contributed by atoms with Gasteiger partial charge in [0.2, 0.25) is 0 Å². The van der Waals surface area contributed by atoms with Gasteiger partial charge in [-0.15, -0.1) is 0 Å². The van der Waals surface area contributed by atoms with Gasteiger partial charge in [-0.3, -0.25) is 0 Å². The lowest BCUT2D eigenvalue weighted by Gasteiger charge is -2.17. The van der Waals surface area contributed by atoms with E-state index >= 15 is 0 Å². The maximum absolute atomic E-state index is 13.5. The molecule has 2 atom stereocenters. The fraction of sp³-hybridized carbons (Fsp3) is 0.455. The van der Waals surface area contributed by atoms with E-state index in [4.69, 9.17) is 5.73 Å². The van der Waals surface area contributed by atoms with Gasteiger partial charge in [-0.25, -0.2) is 4.39 Å². The summed E-state index contributed by atoms with van der Waals surface area (Å²) in [5, 5.41) is 9.83. The number of fused-ring (bicyclic) bond motifs is 1. The number of aliphatic hydroxyl groups is 1. The molecule has 3 N–H and O–H groups in total. The minimum atomic E-state index is -0.853. The van der Waals surface area contributed by atoms with Gasteiger partial charge in [0.05, 0.1) is 6.10 Å². The Kier molecular flexibility index (Phi) is 2.52. The lowest BCUT2D eigenvalue weighted by Crippen LogP contribution is -2.27. The number of benzene rings is 1. The van der Waals surface area contributed by atoms with Crippen molar-refractivity contribution >= 4 is 0 Å². The Bertz CT molecular complexity index is 340. The van der Waals surface area contributed by atoms with Crippen molar-refractivity contribution in [1.82, 2.24) is 0 Å². The molecular formula is C11H14FNO. The van der Waals surface area contributed by atoms with E-state index in [2.05, 4.69) is 0 Å². The predicted octanol–water partition coefficient (Wildman–Crippen LogP) is 1.52. The summed E-state index contributed by atoms with van der Waals surface area (Å²) in [7, 11) is 0. The highest BCUT2D eigenvalue weighted by atomic mass is 19.1. The lowest BCUT2D eigenvalue weighted by molar-refractivity contribution is 0.140. The Hall–Kier alpha value is -0.930. The summed E-state index contributed by atoms with van der Waals surface area (Å²) in [6.07, 6.45) is 1.61. The zero-order valence-electron chi connectivity index (χ0n) is 7.91. The van der Waals surface area contributed by atoms with Gasteiger partial charge in [0.15, 0.2) is 0 Å². The van der Waals surface area contributed by atoms with Crippen molar-refractivity contribution < 1.29 is 9.50 Å². The van der Waals surface area contributed by atoms with Crippen LogP contribution in [0.3, 0.4) is 0 Å². The topological polar surface area (TPSA) is 46.2 Å². The summed E-state index contributed by atoms with van der Waals surface area (Å²) in [6, 6.07) is 4.57. The van der Waals surface area contributed by atoms with Gasteiger partial charge in [0, 0.05) is 11.6 Å². The highest BCUT2D eigenvalue weighted by molar-refractivity contribution is 5.32. The fourth-order valence-electron chi connectivity index (χ4n) is 2.03. The summed E-state index contributed by atoms with van der Waals surface area (Å²) in [6.45, 7) is 0. The predicted molar refractivity (Wildman–Crippen MR) is 52.3 cm³/mol. The molecule has 1 aliphatic carbocycles. The highest BCUT2D eigenvalue weighted by Gasteiger charge is 2.25. The van der Waals surface area contributed by atoms with Crippen molar-refractivity contribution in [3.05, 3.63) is 35.1 Å². The Morgan fingerprint density at radius 2 is 2.21 bits per heavy atom. The average molecular weight is 195 g/mol. The van der Waals surface area contributed by atoms with Crippen LogP contribution >= 0.6 is 0 Å². The van der Waals surface area contributed by atoms with Crippen molar-refractivity contribution in [3.8, 4) is 0 Å². The second-order valence-corrected chi connectivity index (χ2v) is 3.81. The second-order valence-electron chi connectivity index (χ2n) is 3.81. The maximum Gasteiger partial charge on any atom is 0.129 e. The third-order valence-electron chi connectivity index (χ3n) is 2.83. The monoisotopic (exact) mass is 195 g/mol. The molecule has 0 fully saturated rings. The van der Waals surface area contributed by atoms with Gasteiger partial charge < -0.3 is 10.8 Å². The molecule has 0 amide bonds. The molecule has 0 saturated heterocycles. The molecule has 14 heavy (non-hydrogen) atoms. The number of hydrogen-bond acceptors (Lipinski definition) is 2. The molecule has 0 heterocycles. The van der Waals surface area contributed by atoms with E-state index in [0.717, 1.165) is 24.8 Å². The van der Waals surface area contributed by atoms with Crippen LogP contribution in [0.25, 0.3) is 0 Å². The molecule has 3 heteroatoms. The van der Waals surface area contributed by atoms with E-state index in [1.807, 2.05) is 6.07 Å². The van der Waals surface area contributed by atoms with Crippen LogP contribution in [0.4, 0.5) is 4.39 Å². The Labute approximate surface area is 82.5 Å². The molecule has 2 rings (SSSR count). The zero-order valence-corrected chi connectivity index (χ0v) is 7.91. The van der Waals surface area contributed by atoms with Crippen molar-refractivity contribution in [2.24, 2.45) is 5.73 Å². The molecule has 76 valence electrons. The molecular weight excluding hydrogens is 181 g/mol. The normalized spacial score (nSPS) is 26.8. The Morgan fingerprint density at radius 3 is 3.00 bits per heavy atom. The van der Waals surface area contributed by atoms with E-state index in [-0.39, 0.29) is 11.9 Å². The average Bonchev–Trinajstić information content (AvgIpc) is 2.29. The first kappa shape index (κ1) is 9.62. The molecule has 0 bridgehead atoms. The molecule has 0 radical (unpaired) electrons. The summed E-state index contributed by atoms with van der Waals surface area (Å²) in [5.74, 6) is -0.340. The largest absolute Gasteiger partial charge is 0.387 e. The van der Waals surface area contributed by atoms with Gasteiger partial charge in [-0.05, 0) is 30.9 Å². The summed E-state index contributed by atoms with van der Waals surface area (Å²) in [5.41, 5.74) is 7.04. The van der Waals surface area contributed by atoms with Crippen molar-refractivity contribution in [2.75, 3.05) is 0 Å². The summed E-state index contributed by atoms with van der Waals surface area (Å²) < 4.78 is 13.5. The highest BCUT2D eigenvalue weighted by Crippen LogP contribution is 2.29. The van der Waals surface area contributed by atoms with Crippen LogP contribution in [-0.4, -0.2) is 11.1 Å². The number of aliphatic hydroxyl groups excluding tert-OH is 1. The first-order valence-electron chi connectivity index (χ1n) is 4.91. The van der Waals surface area contributed by atoms with Crippen LogP contribution in [0.1, 0.15) is 30.1 Å². The summed E-state index contributed by atoms with van der Waals surface area (Å²) >= 11 is 0. The molecule has 1 aromatic carbocycles. The van der Waals surface area contributed by atoms with Crippen molar-refractivity contribution in [3.63, 3.8) is 0 Å². The summed E-state index contributed by atoms with van der Waals surface area (Å²) in [4.78, 5) is 0. The molecule has 0 aliphatic heterocycles. The zero-order chi connectivity index (χ0) is 10.1. The maximum atomic E-state index is 13.5. The number of nitrogens with two attached hydrogens (primary N) is 1. The van der Waals surface area contributed by atoms with Gasteiger partial charge in [0.25, 0.3) is 0 Å². The van der Waals surface area contributed by atoms with Crippen LogP contribution in [0.15, 0.2) is 18.2 Å². The quantitative estimate of drug-likeness (QED) is 0.616. The smallest absolute Gasteiger partial charge is 0.129 e. The number of aryl methyl sites for hydroxylation is 1. The van der Waals surface area contributed by atoms with Crippen LogP contribution in [0.5, 0.6) is 0 Å². The standard InChI is InChI=1S/C11H14FNO/c12-8-5-1-3-7-4-2-6-9(13)11(14)10(7)8/h1,3,5,9,11,14H,2,4,6,13H2/t9-,11-/m1/s1. The van der Waals surface area contributed by atoms with E-state index in [0.29, 0.717) is 5.56 Å². The Balaban J connectivity index is 2.49. The van der Waals surface area contributed by atoms with Crippen LogP contribution in [0.2, 0.25) is 0 Å². The van der Waals surface area contributed by atoms with E-state index < -0.39 is 6.10 Å². The van der Waals surface area contributed by atoms with Crippen LogP contribution in [0, 0.1) is 5.82 Å². The van der Waals surface area contributed by atoms with Crippen LogP contribution < -0.4 is 5.73 Å². The molecule has 0 spiro atoms. The van der Waals surface area contributed by atoms with E-state index in [9.17, 15) is 9.50 Å². The third-order valence-corrected chi connectivity index (χ3v) is 2.83. The SMILES string of the molecule is N[C@@H]1CCCc2cccc(F)c2[C@@H]1O. The van der Waals surface area contributed by atoms with Gasteiger partial charge in [-0.2, -0.15) is 0 Å². The molecule has 0 saturated carbocycles. The van der Waals surface area contributed by atoms with Gasteiger partial charge in [0.1, 0.15) is 5.82 Å². The molecule has 2 nitrogen and oxygen atoms in total.